The second-order valence-electron chi connectivity index (χ2n) is 5.16. The van der Waals surface area contributed by atoms with Gasteiger partial charge in [-0.3, -0.25) is 9.38 Å². The zero-order valence-corrected chi connectivity index (χ0v) is 13.4. The predicted molar refractivity (Wildman–Crippen MR) is 90.3 cm³/mol. The topological polar surface area (TPSA) is 52.3 Å². The Morgan fingerprint density at radius 1 is 1.30 bits per heavy atom. The van der Waals surface area contributed by atoms with Gasteiger partial charge in [0.25, 0.3) is 5.88 Å². The lowest BCUT2D eigenvalue weighted by Crippen LogP contribution is -2.05. The van der Waals surface area contributed by atoms with Crippen molar-refractivity contribution < 1.29 is 4.74 Å². The molecule has 0 spiro atoms. The van der Waals surface area contributed by atoms with Crippen LogP contribution in [0, 0.1) is 13.3 Å². The minimum absolute atomic E-state index is 0.519. The van der Waals surface area contributed by atoms with Crippen molar-refractivity contribution >= 4 is 5.65 Å². The van der Waals surface area contributed by atoms with Crippen LogP contribution in [0.2, 0.25) is 0 Å². The highest BCUT2D eigenvalue weighted by Crippen LogP contribution is 2.26. The number of imidazole rings is 1. The standard InChI is InChI=1S/C18H19N4O/c1-4-6-11-23-18-17-20-9-10-22(17)13(3)16(21-18)15-12-14(5-2)7-8-19-15/h4-5,7-10,12H,1,6,11H2,2-3H3. The van der Waals surface area contributed by atoms with Gasteiger partial charge in [0.2, 0.25) is 5.65 Å². The van der Waals surface area contributed by atoms with Crippen LogP contribution in [-0.2, 0) is 0 Å². The number of rotatable bonds is 6. The molecule has 3 aromatic rings. The first-order valence-corrected chi connectivity index (χ1v) is 7.57. The Kier molecular flexibility index (Phi) is 4.37. The highest BCUT2D eigenvalue weighted by Gasteiger charge is 2.15. The van der Waals surface area contributed by atoms with Crippen molar-refractivity contribution in [1.29, 1.82) is 0 Å². The number of ether oxygens (including phenoxy) is 1. The summed E-state index contributed by atoms with van der Waals surface area (Å²) >= 11 is 0. The molecule has 0 atom stereocenters. The van der Waals surface area contributed by atoms with Crippen LogP contribution in [0.4, 0.5) is 0 Å². The third kappa shape index (κ3) is 2.95. The molecule has 0 fully saturated rings. The maximum atomic E-state index is 5.79. The Morgan fingerprint density at radius 2 is 2.17 bits per heavy atom. The number of pyridine rings is 1. The van der Waals surface area contributed by atoms with E-state index in [-0.39, 0.29) is 0 Å². The van der Waals surface area contributed by atoms with Crippen LogP contribution in [0.5, 0.6) is 5.88 Å². The van der Waals surface area contributed by atoms with Crippen LogP contribution >= 0.6 is 0 Å². The highest BCUT2D eigenvalue weighted by molar-refractivity contribution is 5.64. The van der Waals surface area contributed by atoms with Crippen molar-refractivity contribution in [3.05, 3.63) is 61.1 Å². The van der Waals surface area contributed by atoms with E-state index in [2.05, 4.69) is 21.5 Å². The van der Waals surface area contributed by atoms with Gasteiger partial charge in [0.1, 0.15) is 5.69 Å². The van der Waals surface area contributed by atoms with Crippen LogP contribution in [0.15, 0.2) is 43.4 Å². The fraction of sp³-hybridized carbons (Fsp3) is 0.222. The van der Waals surface area contributed by atoms with Crippen LogP contribution < -0.4 is 4.74 Å². The Morgan fingerprint density at radius 3 is 2.96 bits per heavy atom. The second-order valence-corrected chi connectivity index (χ2v) is 5.16. The van der Waals surface area contributed by atoms with E-state index in [4.69, 9.17) is 4.74 Å². The van der Waals surface area contributed by atoms with Gasteiger partial charge in [-0.15, -0.1) is 6.58 Å². The molecule has 0 saturated heterocycles. The monoisotopic (exact) mass is 307 g/mol. The van der Waals surface area contributed by atoms with Gasteiger partial charge in [0.15, 0.2) is 0 Å². The lowest BCUT2D eigenvalue weighted by molar-refractivity contribution is 0.314. The molecule has 0 aliphatic carbocycles. The van der Waals surface area contributed by atoms with Gasteiger partial charge in [-0.25, -0.2) is 9.97 Å². The molecule has 0 unspecified atom stereocenters. The average Bonchev–Trinajstić information content (AvgIpc) is 3.07. The fourth-order valence-electron chi connectivity index (χ4n) is 2.41. The second kappa shape index (κ2) is 6.60. The molecular weight excluding hydrogens is 288 g/mol. The zero-order valence-electron chi connectivity index (χ0n) is 13.4. The zero-order chi connectivity index (χ0) is 16.2. The van der Waals surface area contributed by atoms with Gasteiger partial charge in [0, 0.05) is 24.3 Å². The summed E-state index contributed by atoms with van der Waals surface area (Å²) < 4.78 is 7.77. The van der Waals surface area contributed by atoms with Crippen LogP contribution in [0.25, 0.3) is 17.0 Å². The number of hydrogen-bond donors (Lipinski definition) is 0. The molecule has 1 radical (unpaired) electrons. The van der Waals surface area contributed by atoms with Gasteiger partial charge >= 0.3 is 0 Å². The Labute approximate surface area is 135 Å². The van der Waals surface area contributed by atoms with Gasteiger partial charge < -0.3 is 4.74 Å². The smallest absolute Gasteiger partial charge is 0.259 e. The normalized spacial score (nSPS) is 10.9. The quantitative estimate of drug-likeness (QED) is 0.515. The highest BCUT2D eigenvalue weighted by atomic mass is 16.5. The van der Waals surface area contributed by atoms with E-state index < -0.39 is 0 Å². The lowest BCUT2D eigenvalue weighted by atomic mass is 10.1. The summed E-state index contributed by atoms with van der Waals surface area (Å²) in [6, 6.07) is 3.99. The van der Waals surface area contributed by atoms with E-state index in [1.165, 1.54) is 0 Å². The van der Waals surface area contributed by atoms with E-state index >= 15 is 0 Å². The maximum absolute atomic E-state index is 5.79. The van der Waals surface area contributed by atoms with Crippen molar-refractivity contribution in [2.75, 3.05) is 6.61 Å². The lowest BCUT2D eigenvalue weighted by Gasteiger charge is -2.12. The summed E-state index contributed by atoms with van der Waals surface area (Å²) in [5, 5.41) is 0. The first kappa shape index (κ1) is 15.2. The van der Waals surface area contributed by atoms with Crippen molar-refractivity contribution in [2.24, 2.45) is 0 Å². The summed E-state index contributed by atoms with van der Waals surface area (Å²) in [7, 11) is 0. The van der Waals surface area contributed by atoms with E-state index in [1.807, 2.05) is 49.1 Å². The molecule has 3 rings (SSSR count). The summed E-state index contributed by atoms with van der Waals surface area (Å²) in [5.74, 6) is 0.519. The van der Waals surface area contributed by atoms with Crippen LogP contribution in [0.3, 0.4) is 0 Å². The van der Waals surface area contributed by atoms with E-state index in [1.54, 1.807) is 12.4 Å². The first-order chi connectivity index (χ1) is 11.2. The molecule has 117 valence electrons. The molecule has 3 aromatic heterocycles. The Hall–Kier alpha value is -2.69. The molecule has 0 aromatic carbocycles. The maximum Gasteiger partial charge on any atom is 0.259 e. The Bertz CT molecular complexity index is 838. The molecule has 0 aliphatic heterocycles. The minimum Gasteiger partial charge on any atom is -0.475 e. The first-order valence-electron chi connectivity index (χ1n) is 7.57. The summed E-state index contributed by atoms with van der Waals surface area (Å²) in [4.78, 5) is 13.5. The molecule has 0 amide bonds. The van der Waals surface area contributed by atoms with Gasteiger partial charge in [-0.05, 0) is 37.5 Å². The summed E-state index contributed by atoms with van der Waals surface area (Å²) in [6.45, 7) is 8.24. The summed E-state index contributed by atoms with van der Waals surface area (Å²) in [6.07, 6.45) is 10.1. The molecule has 0 N–H and O–H groups in total. The largest absolute Gasteiger partial charge is 0.475 e. The van der Waals surface area contributed by atoms with Gasteiger partial charge in [0.05, 0.1) is 12.3 Å². The molecule has 0 aliphatic rings. The van der Waals surface area contributed by atoms with Gasteiger partial charge in [-0.1, -0.05) is 13.0 Å². The molecule has 0 saturated carbocycles. The van der Waals surface area contributed by atoms with Crippen LogP contribution in [-0.4, -0.2) is 26.0 Å². The number of aromatic nitrogens is 4. The third-order valence-corrected chi connectivity index (χ3v) is 3.67. The van der Waals surface area contributed by atoms with Crippen molar-refractivity contribution in [1.82, 2.24) is 19.4 Å². The van der Waals surface area contributed by atoms with E-state index in [9.17, 15) is 0 Å². The molecular formula is C18H19N4O. The van der Waals surface area contributed by atoms with Gasteiger partial charge in [-0.2, -0.15) is 0 Å². The van der Waals surface area contributed by atoms with Crippen LogP contribution in [0.1, 0.15) is 24.6 Å². The number of aryl methyl sites for hydroxylation is 1. The molecule has 5 heteroatoms. The SMILES string of the molecule is C=CCCOc1nc(-c2cc([CH]C)ccn2)c(C)n2ccnc12. The average molecular weight is 307 g/mol. The fourth-order valence-corrected chi connectivity index (χ4v) is 2.41. The Balaban J connectivity index is 2.12. The van der Waals surface area contributed by atoms with Crippen molar-refractivity contribution in [2.45, 2.75) is 20.3 Å². The minimum atomic E-state index is 0.519. The third-order valence-electron chi connectivity index (χ3n) is 3.67. The van der Waals surface area contributed by atoms with Crippen molar-refractivity contribution in [3.63, 3.8) is 0 Å². The molecule has 3 heterocycles. The molecule has 23 heavy (non-hydrogen) atoms. The summed E-state index contributed by atoms with van der Waals surface area (Å²) in [5.41, 5.74) is 4.42. The van der Waals surface area contributed by atoms with Crippen molar-refractivity contribution in [3.8, 4) is 17.3 Å². The number of hydrogen-bond acceptors (Lipinski definition) is 4. The van der Waals surface area contributed by atoms with E-state index in [0.29, 0.717) is 18.1 Å². The van der Waals surface area contributed by atoms with E-state index in [0.717, 1.165) is 29.1 Å². The number of fused-ring (bicyclic) bond motifs is 1. The predicted octanol–water partition coefficient (Wildman–Crippen LogP) is 3.63. The number of nitrogens with zero attached hydrogens (tertiary/aromatic N) is 4. The molecule has 0 bridgehead atoms. The molecule has 5 nitrogen and oxygen atoms in total.